The van der Waals surface area contributed by atoms with Crippen molar-refractivity contribution >= 4 is 0 Å². The maximum Gasteiger partial charge on any atom is 0.0717 e. The lowest BCUT2D eigenvalue weighted by Gasteiger charge is -2.11. The molecule has 1 rings (SSSR count). The number of rotatable bonds is 8. The van der Waals surface area contributed by atoms with Gasteiger partial charge in [-0.25, -0.2) is 0 Å². The summed E-state index contributed by atoms with van der Waals surface area (Å²) in [4.78, 5) is 0. The molecule has 0 bridgehead atoms. The van der Waals surface area contributed by atoms with E-state index in [1.807, 2.05) is 7.05 Å². The molecule has 0 heterocycles. The Labute approximate surface area is 105 Å². The average Bonchev–Trinajstić information content (AvgIpc) is 2.30. The minimum atomic E-state index is 0.667. The van der Waals surface area contributed by atoms with Gasteiger partial charge in [0.15, 0.2) is 0 Å². The van der Waals surface area contributed by atoms with Crippen molar-refractivity contribution in [3.63, 3.8) is 0 Å². The fourth-order valence-electron chi connectivity index (χ4n) is 1.99. The third-order valence-corrected chi connectivity index (χ3v) is 2.82. The molecule has 1 aromatic carbocycles. The molecule has 0 aliphatic rings. The molecule has 17 heavy (non-hydrogen) atoms. The first-order valence-electron chi connectivity index (χ1n) is 6.56. The van der Waals surface area contributed by atoms with Crippen LogP contribution in [0.2, 0.25) is 0 Å². The Morgan fingerprint density at radius 3 is 2.76 bits per heavy atom. The van der Waals surface area contributed by atoms with Gasteiger partial charge >= 0.3 is 0 Å². The van der Waals surface area contributed by atoms with Gasteiger partial charge in [0.25, 0.3) is 0 Å². The second kappa shape index (κ2) is 8.26. The third-order valence-electron chi connectivity index (χ3n) is 2.82. The van der Waals surface area contributed by atoms with Crippen molar-refractivity contribution in [3.05, 3.63) is 35.4 Å². The van der Waals surface area contributed by atoms with E-state index in [2.05, 4.69) is 43.4 Å². The van der Waals surface area contributed by atoms with Crippen LogP contribution < -0.4 is 5.32 Å². The molecule has 0 radical (unpaired) electrons. The lowest BCUT2D eigenvalue weighted by Crippen LogP contribution is -2.07. The second-order valence-electron chi connectivity index (χ2n) is 4.76. The fourth-order valence-corrected chi connectivity index (χ4v) is 1.99. The first kappa shape index (κ1) is 14.2. The Morgan fingerprint density at radius 2 is 2.06 bits per heavy atom. The normalized spacial score (nSPS) is 12.6. The molecule has 1 N–H and O–H groups in total. The molecule has 1 unspecified atom stereocenters. The highest BCUT2D eigenvalue weighted by Crippen LogP contribution is 2.09. The van der Waals surface area contributed by atoms with E-state index >= 15 is 0 Å². The standard InChI is InChI=1S/C15H25NO/c1-4-6-13(2)11-17-12-15-8-5-7-14(9-15)10-16-3/h5,7-9,13,16H,4,6,10-12H2,1-3H3. The molecular formula is C15H25NO. The van der Waals surface area contributed by atoms with Crippen molar-refractivity contribution in [2.45, 2.75) is 39.8 Å². The summed E-state index contributed by atoms with van der Waals surface area (Å²) in [7, 11) is 1.97. The lowest BCUT2D eigenvalue weighted by molar-refractivity contribution is 0.0893. The van der Waals surface area contributed by atoms with Crippen LogP contribution in [0.5, 0.6) is 0 Å². The van der Waals surface area contributed by atoms with E-state index in [1.165, 1.54) is 24.0 Å². The Bertz CT molecular complexity index is 312. The van der Waals surface area contributed by atoms with E-state index < -0.39 is 0 Å². The van der Waals surface area contributed by atoms with Gasteiger partial charge in [0.2, 0.25) is 0 Å². The van der Waals surface area contributed by atoms with Crippen LogP contribution in [0, 0.1) is 5.92 Å². The SMILES string of the molecule is CCCC(C)COCc1cccc(CNC)c1. The summed E-state index contributed by atoms with van der Waals surface area (Å²) < 4.78 is 5.75. The molecule has 0 saturated carbocycles. The van der Waals surface area contributed by atoms with Crippen molar-refractivity contribution in [1.29, 1.82) is 0 Å². The monoisotopic (exact) mass is 235 g/mol. The van der Waals surface area contributed by atoms with E-state index in [0.29, 0.717) is 5.92 Å². The van der Waals surface area contributed by atoms with Gasteiger partial charge in [-0.15, -0.1) is 0 Å². The zero-order chi connectivity index (χ0) is 12.5. The van der Waals surface area contributed by atoms with Crippen molar-refractivity contribution in [2.24, 2.45) is 5.92 Å². The quantitative estimate of drug-likeness (QED) is 0.746. The number of ether oxygens (including phenoxy) is 1. The van der Waals surface area contributed by atoms with Crippen LogP contribution >= 0.6 is 0 Å². The summed E-state index contributed by atoms with van der Waals surface area (Å²) in [6.45, 7) is 6.98. The predicted octanol–water partition coefficient (Wildman–Crippen LogP) is 3.36. The van der Waals surface area contributed by atoms with Crippen LogP contribution in [-0.4, -0.2) is 13.7 Å². The average molecular weight is 235 g/mol. The van der Waals surface area contributed by atoms with Crippen LogP contribution in [0.4, 0.5) is 0 Å². The van der Waals surface area contributed by atoms with Crippen LogP contribution in [0.25, 0.3) is 0 Å². The molecule has 0 aliphatic carbocycles. The number of hydrogen-bond donors (Lipinski definition) is 1. The van der Waals surface area contributed by atoms with E-state index in [1.54, 1.807) is 0 Å². The number of nitrogens with one attached hydrogen (secondary N) is 1. The summed E-state index contributed by atoms with van der Waals surface area (Å²) in [5.41, 5.74) is 2.58. The number of hydrogen-bond acceptors (Lipinski definition) is 2. The molecule has 0 fully saturated rings. The van der Waals surface area contributed by atoms with Gasteiger partial charge in [-0.1, -0.05) is 44.5 Å². The van der Waals surface area contributed by atoms with Gasteiger partial charge in [0.05, 0.1) is 6.61 Å². The van der Waals surface area contributed by atoms with Crippen molar-refractivity contribution in [3.8, 4) is 0 Å². The van der Waals surface area contributed by atoms with Gasteiger partial charge in [-0.3, -0.25) is 0 Å². The minimum Gasteiger partial charge on any atom is -0.376 e. The van der Waals surface area contributed by atoms with Gasteiger partial charge in [0, 0.05) is 13.2 Å². The smallest absolute Gasteiger partial charge is 0.0717 e. The Morgan fingerprint density at radius 1 is 1.29 bits per heavy atom. The van der Waals surface area contributed by atoms with Gasteiger partial charge in [-0.05, 0) is 30.5 Å². The molecule has 96 valence electrons. The van der Waals surface area contributed by atoms with E-state index in [-0.39, 0.29) is 0 Å². The molecule has 0 saturated heterocycles. The maximum atomic E-state index is 5.75. The van der Waals surface area contributed by atoms with Crippen molar-refractivity contribution in [1.82, 2.24) is 5.32 Å². The van der Waals surface area contributed by atoms with Gasteiger partial charge in [0.1, 0.15) is 0 Å². The topological polar surface area (TPSA) is 21.3 Å². The Kier molecular flexibility index (Phi) is 6.90. The van der Waals surface area contributed by atoms with E-state index in [4.69, 9.17) is 4.74 Å². The molecule has 0 spiro atoms. The predicted molar refractivity (Wildman–Crippen MR) is 72.9 cm³/mol. The number of benzene rings is 1. The van der Waals surface area contributed by atoms with Crippen molar-refractivity contribution < 1.29 is 4.74 Å². The first-order valence-corrected chi connectivity index (χ1v) is 6.56. The van der Waals surface area contributed by atoms with Gasteiger partial charge < -0.3 is 10.1 Å². The van der Waals surface area contributed by atoms with Gasteiger partial charge in [-0.2, -0.15) is 0 Å². The highest BCUT2D eigenvalue weighted by molar-refractivity contribution is 5.22. The lowest BCUT2D eigenvalue weighted by atomic mass is 10.1. The fraction of sp³-hybridized carbons (Fsp3) is 0.600. The first-order chi connectivity index (χ1) is 8.26. The molecule has 0 aliphatic heterocycles. The zero-order valence-corrected chi connectivity index (χ0v) is 11.3. The van der Waals surface area contributed by atoms with Crippen LogP contribution in [0.3, 0.4) is 0 Å². The van der Waals surface area contributed by atoms with Crippen molar-refractivity contribution in [2.75, 3.05) is 13.7 Å². The highest BCUT2D eigenvalue weighted by atomic mass is 16.5. The molecule has 2 nitrogen and oxygen atoms in total. The van der Waals surface area contributed by atoms with Crippen LogP contribution in [-0.2, 0) is 17.9 Å². The maximum absolute atomic E-state index is 5.75. The third kappa shape index (κ3) is 5.85. The summed E-state index contributed by atoms with van der Waals surface area (Å²) in [5.74, 6) is 0.667. The molecular weight excluding hydrogens is 210 g/mol. The van der Waals surface area contributed by atoms with E-state index in [0.717, 1.165) is 19.8 Å². The molecule has 2 heteroatoms. The molecule has 1 atom stereocenters. The van der Waals surface area contributed by atoms with E-state index in [9.17, 15) is 0 Å². The molecule has 0 amide bonds. The molecule has 1 aromatic rings. The summed E-state index contributed by atoms with van der Waals surface area (Å²) >= 11 is 0. The zero-order valence-electron chi connectivity index (χ0n) is 11.3. The minimum absolute atomic E-state index is 0.667. The van der Waals surface area contributed by atoms with Crippen LogP contribution in [0.15, 0.2) is 24.3 Å². The highest BCUT2D eigenvalue weighted by Gasteiger charge is 2.01. The molecule has 0 aromatic heterocycles. The summed E-state index contributed by atoms with van der Waals surface area (Å²) in [5, 5.41) is 3.16. The Hall–Kier alpha value is -0.860. The summed E-state index contributed by atoms with van der Waals surface area (Å²) in [6, 6.07) is 8.57. The van der Waals surface area contributed by atoms with Crippen LogP contribution in [0.1, 0.15) is 37.8 Å². The summed E-state index contributed by atoms with van der Waals surface area (Å²) in [6.07, 6.45) is 2.49. The second-order valence-corrected chi connectivity index (χ2v) is 4.76. The largest absolute Gasteiger partial charge is 0.376 e. The Balaban J connectivity index is 2.33.